The van der Waals surface area contributed by atoms with Gasteiger partial charge in [-0.1, -0.05) is 59.1 Å². The molecule has 4 atom stereocenters. The Balaban J connectivity index is 2.09. The predicted molar refractivity (Wildman–Crippen MR) is 104 cm³/mol. The molecule has 1 unspecified atom stereocenters. The zero-order valence-corrected chi connectivity index (χ0v) is 18.4. The van der Waals surface area contributed by atoms with Gasteiger partial charge in [0.2, 0.25) is 0 Å². The van der Waals surface area contributed by atoms with Gasteiger partial charge in [-0.3, -0.25) is 9.59 Å². The minimum absolute atomic E-state index is 0.0242. The first-order chi connectivity index (χ1) is 10.9. The molecule has 0 saturated heterocycles. The molecule has 2 aliphatic carbocycles. The number of hydrogen-bond acceptors (Lipinski definition) is 3. The lowest BCUT2D eigenvalue weighted by Crippen LogP contribution is -2.25. The van der Waals surface area contributed by atoms with E-state index in [0.717, 1.165) is 5.57 Å². The number of allylic oxidation sites excluding steroid dienone is 2. The third-order valence-corrected chi connectivity index (χ3v) is 8.43. The maximum atomic E-state index is 12.6. The zero-order valence-electron chi connectivity index (χ0n) is 13.7. The Bertz CT molecular complexity index is 607. The number of Topliss-reactive ketones (excluding diaryl/α,β-unsaturated/α-hetero) is 1. The number of carbonyl (C=O) groups excluding carboxylic acids is 2. The van der Waals surface area contributed by atoms with Crippen molar-refractivity contribution in [2.75, 3.05) is 0 Å². The van der Waals surface area contributed by atoms with Crippen LogP contribution in [0.4, 0.5) is 0 Å². The van der Waals surface area contributed by atoms with E-state index in [1.807, 2.05) is 20.8 Å². The van der Waals surface area contributed by atoms with Crippen molar-refractivity contribution in [3.05, 3.63) is 23.8 Å². The van der Waals surface area contributed by atoms with Crippen LogP contribution in [0.5, 0.6) is 0 Å². The Hall–Kier alpha value is 0.160. The van der Waals surface area contributed by atoms with Crippen LogP contribution in [0.3, 0.4) is 0 Å². The molecule has 0 radical (unpaired) electrons. The van der Waals surface area contributed by atoms with Gasteiger partial charge >= 0.3 is 5.97 Å². The van der Waals surface area contributed by atoms with Crippen LogP contribution >= 0.6 is 55.1 Å². The Kier molecular flexibility index (Phi) is 6.01. The molecular formula is C17H20Br2Cl2O3. The highest BCUT2D eigenvalue weighted by molar-refractivity contribution is 9.13. The molecule has 3 nitrogen and oxygen atoms in total. The van der Waals surface area contributed by atoms with Gasteiger partial charge in [-0.2, -0.15) is 0 Å². The molecule has 0 aromatic carbocycles. The Morgan fingerprint density at radius 2 is 2.12 bits per heavy atom. The summed E-state index contributed by atoms with van der Waals surface area (Å²) in [7, 11) is 0. The van der Waals surface area contributed by atoms with E-state index in [0.29, 0.717) is 12.0 Å². The molecule has 0 heterocycles. The first kappa shape index (κ1) is 20.5. The minimum atomic E-state index is -1.17. The van der Waals surface area contributed by atoms with Gasteiger partial charge in [0.25, 0.3) is 0 Å². The summed E-state index contributed by atoms with van der Waals surface area (Å²) < 4.78 is 4.48. The number of halogens is 4. The summed E-state index contributed by atoms with van der Waals surface area (Å²) in [6, 6.07) is 0. The highest BCUT2D eigenvalue weighted by Crippen LogP contribution is 2.65. The van der Waals surface area contributed by atoms with E-state index in [1.54, 1.807) is 6.08 Å². The molecule has 134 valence electrons. The Morgan fingerprint density at radius 1 is 1.54 bits per heavy atom. The first-order valence-corrected chi connectivity index (χ1v) is 10.1. The average molecular weight is 503 g/mol. The number of ether oxygens (including phenoxy) is 1. The quantitative estimate of drug-likeness (QED) is 0.280. The second-order valence-corrected chi connectivity index (χ2v) is 11.5. The smallest absolute Gasteiger partial charge is 0.310 e. The number of hydrogen-bond donors (Lipinski definition) is 0. The molecular weight excluding hydrogens is 483 g/mol. The highest BCUT2D eigenvalue weighted by Gasteiger charge is 2.67. The van der Waals surface area contributed by atoms with E-state index in [1.165, 1.54) is 0 Å². The lowest BCUT2D eigenvalue weighted by molar-refractivity contribution is -0.150. The third kappa shape index (κ3) is 3.79. The molecule has 0 N–H and O–H groups in total. The van der Waals surface area contributed by atoms with E-state index in [9.17, 15) is 9.59 Å². The van der Waals surface area contributed by atoms with Crippen LogP contribution in [0.1, 0.15) is 33.6 Å². The second kappa shape index (κ2) is 7.05. The van der Waals surface area contributed by atoms with Crippen molar-refractivity contribution in [1.29, 1.82) is 0 Å². The van der Waals surface area contributed by atoms with Crippen molar-refractivity contribution in [3.63, 3.8) is 0 Å². The van der Waals surface area contributed by atoms with Crippen LogP contribution in [0.15, 0.2) is 23.8 Å². The van der Waals surface area contributed by atoms with Crippen LogP contribution < -0.4 is 0 Å². The highest BCUT2D eigenvalue weighted by atomic mass is 79.9. The summed E-state index contributed by atoms with van der Waals surface area (Å²) in [5.74, 6) is -0.663. The summed E-state index contributed by atoms with van der Waals surface area (Å²) in [6.45, 7) is 9.46. The van der Waals surface area contributed by atoms with Crippen LogP contribution in [-0.2, 0) is 14.3 Å². The summed E-state index contributed by atoms with van der Waals surface area (Å²) in [5, 5.41) is 0. The maximum absolute atomic E-state index is 12.6. The van der Waals surface area contributed by atoms with Crippen LogP contribution in [0.25, 0.3) is 0 Å². The molecule has 1 fully saturated rings. The SMILES string of the molecule is C=CCC1=C(C)[C@@H](OC(=O)[C@@H]2[C@@H](C(Br)C(Cl)(Cl)Br)C2(C)C)CC1=O. The fourth-order valence-electron chi connectivity index (χ4n) is 3.50. The third-order valence-electron chi connectivity index (χ3n) is 5.07. The van der Waals surface area contributed by atoms with Crippen molar-refractivity contribution >= 4 is 66.8 Å². The largest absolute Gasteiger partial charge is 0.457 e. The van der Waals surface area contributed by atoms with Crippen LogP contribution in [0.2, 0.25) is 0 Å². The molecule has 0 aliphatic heterocycles. The number of esters is 1. The van der Waals surface area contributed by atoms with Crippen LogP contribution in [-0.4, -0.2) is 25.9 Å². The molecule has 0 aromatic rings. The van der Waals surface area contributed by atoms with Gasteiger partial charge in [-0.15, -0.1) is 6.58 Å². The van der Waals surface area contributed by atoms with Gasteiger partial charge in [0.05, 0.1) is 17.2 Å². The molecule has 0 amide bonds. The van der Waals surface area contributed by atoms with Crippen molar-refractivity contribution in [1.82, 2.24) is 0 Å². The van der Waals surface area contributed by atoms with Gasteiger partial charge in [0.15, 0.2) is 9.03 Å². The van der Waals surface area contributed by atoms with E-state index >= 15 is 0 Å². The summed E-state index contributed by atoms with van der Waals surface area (Å²) in [6.07, 6.45) is 1.92. The van der Waals surface area contributed by atoms with Gasteiger partial charge in [-0.25, -0.2) is 0 Å². The van der Waals surface area contributed by atoms with Gasteiger partial charge in [-0.05, 0) is 46.2 Å². The Labute approximate surface area is 169 Å². The average Bonchev–Trinajstić information content (AvgIpc) is 2.93. The fourth-order valence-corrected chi connectivity index (χ4v) is 5.04. The molecule has 7 heteroatoms. The summed E-state index contributed by atoms with van der Waals surface area (Å²) in [5.41, 5.74) is 1.25. The summed E-state index contributed by atoms with van der Waals surface area (Å²) in [4.78, 5) is 24.4. The molecule has 0 aromatic heterocycles. The van der Waals surface area contributed by atoms with Gasteiger partial charge < -0.3 is 4.74 Å². The zero-order chi connectivity index (χ0) is 18.4. The number of ketones is 1. The molecule has 24 heavy (non-hydrogen) atoms. The lowest BCUT2D eigenvalue weighted by Gasteiger charge is -2.20. The van der Waals surface area contributed by atoms with Crippen molar-refractivity contribution < 1.29 is 14.3 Å². The molecule has 0 bridgehead atoms. The van der Waals surface area contributed by atoms with E-state index < -0.39 is 9.35 Å². The number of rotatable bonds is 6. The minimum Gasteiger partial charge on any atom is -0.457 e. The predicted octanol–water partition coefficient (Wildman–Crippen LogP) is 5.33. The maximum Gasteiger partial charge on any atom is 0.310 e. The van der Waals surface area contributed by atoms with E-state index in [2.05, 4.69) is 38.4 Å². The standard InChI is InChI=1S/C17H20Br2Cl2O3/c1-5-6-9-8(2)11(7-10(9)22)24-15(23)13-12(16(13,3)4)14(18)17(19,20)21/h5,11-14H,1,6-7H2,2-4H3/t11-,12-,13-,14?/m0/s1. The molecule has 0 spiro atoms. The van der Waals surface area contributed by atoms with E-state index in [-0.39, 0.29) is 40.3 Å². The van der Waals surface area contributed by atoms with Crippen molar-refractivity contribution in [3.8, 4) is 0 Å². The number of alkyl halides is 4. The van der Waals surface area contributed by atoms with Gasteiger partial charge in [0.1, 0.15) is 6.10 Å². The Morgan fingerprint density at radius 3 is 2.62 bits per heavy atom. The van der Waals surface area contributed by atoms with E-state index in [4.69, 9.17) is 27.9 Å². The van der Waals surface area contributed by atoms with Crippen molar-refractivity contribution in [2.24, 2.45) is 17.3 Å². The topological polar surface area (TPSA) is 43.4 Å². The molecule has 2 aliphatic rings. The summed E-state index contributed by atoms with van der Waals surface area (Å²) >= 11 is 18.9. The normalized spacial score (nSPS) is 30.3. The van der Waals surface area contributed by atoms with Crippen LogP contribution in [0, 0.1) is 17.3 Å². The molecule has 2 rings (SSSR count). The fraction of sp³-hybridized carbons (Fsp3) is 0.647. The second-order valence-electron chi connectivity index (χ2n) is 6.98. The van der Waals surface area contributed by atoms with Gasteiger partial charge in [0, 0.05) is 5.57 Å². The monoisotopic (exact) mass is 500 g/mol. The van der Waals surface area contributed by atoms with Crippen molar-refractivity contribution in [2.45, 2.75) is 47.8 Å². The molecule has 1 saturated carbocycles. The number of carbonyl (C=O) groups is 2. The first-order valence-electron chi connectivity index (χ1n) is 7.68. The lowest BCUT2D eigenvalue weighted by atomic mass is 10.1.